The number of carbonyl (C=O) groups excluding carboxylic acids is 1. The minimum absolute atomic E-state index is 0.0793. The normalized spacial score (nSPS) is 15.4. The van der Waals surface area contributed by atoms with Crippen LogP contribution in [0, 0.1) is 0 Å². The third-order valence-corrected chi connectivity index (χ3v) is 3.82. The van der Waals surface area contributed by atoms with Crippen molar-refractivity contribution in [3.63, 3.8) is 0 Å². The summed E-state index contributed by atoms with van der Waals surface area (Å²) in [5.41, 5.74) is 3.18. The molecule has 0 saturated heterocycles. The van der Waals surface area contributed by atoms with Crippen LogP contribution in [-0.4, -0.2) is 17.6 Å². The van der Waals surface area contributed by atoms with Gasteiger partial charge in [-0.1, -0.05) is 29.8 Å². The van der Waals surface area contributed by atoms with Gasteiger partial charge in [-0.25, -0.2) is 0 Å². The number of nitrogens with zero attached hydrogens (tertiary/aromatic N) is 1. The lowest BCUT2D eigenvalue weighted by atomic mass is 10.1. The molecule has 2 aromatic carbocycles. The number of para-hydroxylation sites is 2. The van der Waals surface area contributed by atoms with E-state index >= 15 is 0 Å². The summed E-state index contributed by atoms with van der Waals surface area (Å²) in [5, 5.41) is 13.0. The number of anilines is 3. The van der Waals surface area contributed by atoms with Gasteiger partial charge in [-0.05, 0) is 36.8 Å². The van der Waals surface area contributed by atoms with Gasteiger partial charge in [0.2, 0.25) is 5.91 Å². The fourth-order valence-corrected chi connectivity index (χ4v) is 2.74. The van der Waals surface area contributed by atoms with Crippen LogP contribution in [0.2, 0.25) is 5.02 Å². The molecule has 108 valence electrons. The third kappa shape index (κ3) is 2.60. The van der Waals surface area contributed by atoms with Gasteiger partial charge in [0.05, 0.1) is 28.2 Å². The van der Waals surface area contributed by atoms with Crippen molar-refractivity contribution in [3.8, 4) is 0 Å². The number of carbonyl (C=O) groups is 1. The molecule has 0 saturated carbocycles. The average Bonchev–Trinajstić information content (AvgIpc) is 2.46. The molecule has 0 bridgehead atoms. The molecule has 4 nitrogen and oxygen atoms in total. The minimum atomic E-state index is -0.575. The van der Waals surface area contributed by atoms with Crippen LogP contribution in [0.25, 0.3) is 0 Å². The van der Waals surface area contributed by atoms with Crippen molar-refractivity contribution in [2.24, 2.45) is 0 Å². The Kier molecular flexibility index (Phi) is 3.57. The van der Waals surface area contributed by atoms with E-state index in [1.807, 2.05) is 41.3 Å². The Bertz CT molecular complexity index is 700. The van der Waals surface area contributed by atoms with Crippen LogP contribution in [-0.2, 0) is 4.79 Å². The molecule has 1 atom stereocenters. The van der Waals surface area contributed by atoms with Crippen LogP contribution < -0.4 is 10.2 Å². The van der Waals surface area contributed by atoms with Crippen molar-refractivity contribution in [1.29, 1.82) is 0 Å². The lowest BCUT2D eigenvalue weighted by Gasteiger charge is -2.31. The Morgan fingerprint density at radius 1 is 1.24 bits per heavy atom. The Balaban J connectivity index is 2.07. The van der Waals surface area contributed by atoms with Gasteiger partial charge in [-0.3, -0.25) is 4.79 Å². The molecule has 1 aliphatic rings. The van der Waals surface area contributed by atoms with E-state index in [1.54, 1.807) is 13.0 Å². The zero-order valence-corrected chi connectivity index (χ0v) is 12.3. The second kappa shape index (κ2) is 5.39. The highest BCUT2D eigenvalue weighted by atomic mass is 35.5. The summed E-state index contributed by atoms with van der Waals surface area (Å²) in [6, 6.07) is 13.0. The number of rotatable bonds is 2. The molecule has 0 unspecified atom stereocenters. The van der Waals surface area contributed by atoms with Crippen molar-refractivity contribution in [2.45, 2.75) is 13.0 Å². The lowest BCUT2D eigenvalue weighted by Crippen LogP contribution is -2.35. The molecule has 0 aromatic heterocycles. The van der Waals surface area contributed by atoms with Gasteiger partial charge in [0, 0.05) is 0 Å². The second-order valence-corrected chi connectivity index (χ2v) is 5.45. The SMILES string of the molecule is C[C@H](O)c1ccc(N2CC(=O)Nc3ccccc32)c(Cl)c1. The van der Waals surface area contributed by atoms with Gasteiger partial charge in [-0.2, -0.15) is 0 Å². The predicted octanol–water partition coefficient (Wildman–Crippen LogP) is 3.48. The van der Waals surface area contributed by atoms with Crippen molar-refractivity contribution in [3.05, 3.63) is 53.1 Å². The first-order valence-electron chi connectivity index (χ1n) is 6.70. The van der Waals surface area contributed by atoms with Crippen LogP contribution in [0.3, 0.4) is 0 Å². The Morgan fingerprint density at radius 2 is 2.00 bits per heavy atom. The Morgan fingerprint density at radius 3 is 2.71 bits per heavy atom. The zero-order valence-electron chi connectivity index (χ0n) is 11.5. The fourth-order valence-electron chi connectivity index (χ4n) is 2.45. The summed E-state index contributed by atoms with van der Waals surface area (Å²) >= 11 is 6.34. The molecule has 3 rings (SSSR count). The van der Waals surface area contributed by atoms with Crippen LogP contribution in [0.4, 0.5) is 17.1 Å². The molecule has 1 heterocycles. The van der Waals surface area contributed by atoms with Crippen molar-refractivity contribution in [2.75, 3.05) is 16.8 Å². The molecule has 1 aliphatic heterocycles. The van der Waals surface area contributed by atoms with E-state index in [0.29, 0.717) is 5.02 Å². The molecule has 0 spiro atoms. The number of hydrogen-bond acceptors (Lipinski definition) is 3. The number of halogens is 1. The third-order valence-electron chi connectivity index (χ3n) is 3.52. The highest BCUT2D eigenvalue weighted by Crippen LogP contribution is 2.38. The predicted molar refractivity (Wildman–Crippen MR) is 84.2 cm³/mol. The highest BCUT2D eigenvalue weighted by molar-refractivity contribution is 6.33. The van der Waals surface area contributed by atoms with Crippen LogP contribution in [0.1, 0.15) is 18.6 Å². The minimum Gasteiger partial charge on any atom is -0.389 e. The molecule has 0 radical (unpaired) electrons. The smallest absolute Gasteiger partial charge is 0.244 e. The average molecular weight is 303 g/mol. The van der Waals surface area contributed by atoms with Gasteiger partial charge in [0.1, 0.15) is 6.54 Å². The first-order valence-corrected chi connectivity index (χ1v) is 7.08. The molecular formula is C16H15ClN2O2. The van der Waals surface area contributed by atoms with Gasteiger partial charge < -0.3 is 15.3 Å². The number of benzene rings is 2. The van der Waals surface area contributed by atoms with Gasteiger partial charge in [0.25, 0.3) is 0 Å². The molecule has 2 N–H and O–H groups in total. The summed E-state index contributed by atoms with van der Waals surface area (Å²) in [6.07, 6.45) is -0.575. The fraction of sp³-hybridized carbons (Fsp3) is 0.188. The first-order chi connectivity index (χ1) is 10.1. The number of hydrogen-bond donors (Lipinski definition) is 2. The first kappa shape index (κ1) is 13.9. The summed E-state index contributed by atoms with van der Waals surface area (Å²) in [4.78, 5) is 13.7. The maximum atomic E-state index is 11.9. The number of aliphatic hydroxyl groups excluding tert-OH is 1. The number of aliphatic hydroxyl groups is 1. The molecule has 2 aromatic rings. The topological polar surface area (TPSA) is 52.6 Å². The van der Waals surface area contributed by atoms with E-state index in [9.17, 15) is 9.90 Å². The van der Waals surface area contributed by atoms with Gasteiger partial charge >= 0.3 is 0 Å². The monoisotopic (exact) mass is 302 g/mol. The van der Waals surface area contributed by atoms with Crippen molar-refractivity contribution < 1.29 is 9.90 Å². The molecule has 0 fully saturated rings. The van der Waals surface area contributed by atoms with Gasteiger partial charge in [0.15, 0.2) is 0 Å². The summed E-state index contributed by atoms with van der Waals surface area (Å²) in [7, 11) is 0. The number of nitrogens with one attached hydrogen (secondary N) is 1. The molecule has 21 heavy (non-hydrogen) atoms. The van der Waals surface area contributed by atoms with Gasteiger partial charge in [-0.15, -0.1) is 0 Å². The maximum Gasteiger partial charge on any atom is 0.244 e. The largest absolute Gasteiger partial charge is 0.389 e. The quantitative estimate of drug-likeness (QED) is 0.893. The number of amides is 1. The second-order valence-electron chi connectivity index (χ2n) is 5.04. The molecule has 0 aliphatic carbocycles. The van der Waals surface area contributed by atoms with Crippen molar-refractivity contribution in [1.82, 2.24) is 0 Å². The Labute approximate surface area is 128 Å². The Hall–Kier alpha value is -2.04. The van der Waals surface area contributed by atoms with E-state index in [2.05, 4.69) is 5.32 Å². The summed E-state index contributed by atoms with van der Waals surface area (Å²) in [6.45, 7) is 1.90. The molecule has 5 heteroatoms. The standard InChI is InChI=1S/C16H15ClN2O2/c1-10(20)11-6-7-14(12(17)8-11)19-9-16(21)18-13-4-2-3-5-15(13)19/h2-8,10,20H,9H2,1H3,(H,18,21)/t10-/m0/s1. The highest BCUT2D eigenvalue weighted by Gasteiger charge is 2.24. The maximum absolute atomic E-state index is 11.9. The zero-order chi connectivity index (χ0) is 15.0. The molecular weight excluding hydrogens is 288 g/mol. The van der Waals surface area contributed by atoms with E-state index in [1.165, 1.54) is 0 Å². The van der Waals surface area contributed by atoms with Crippen molar-refractivity contribution >= 4 is 34.6 Å². The van der Waals surface area contributed by atoms with Crippen LogP contribution in [0.5, 0.6) is 0 Å². The summed E-state index contributed by atoms with van der Waals surface area (Å²) < 4.78 is 0. The molecule has 1 amide bonds. The van der Waals surface area contributed by atoms with E-state index in [0.717, 1.165) is 22.6 Å². The lowest BCUT2D eigenvalue weighted by molar-refractivity contribution is -0.115. The van der Waals surface area contributed by atoms with E-state index < -0.39 is 6.10 Å². The van der Waals surface area contributed by atoms with E-state index in [-0.39, 0.29) is 12.5 Å². The van der Waals surface area contributed by atoms with Crippen LogP contribution >= 0.6 is 11.6 Å². The van der Waals surface area contributed by atoms with E-state index in [4.69, 9.17) is 11.6 Å². The summed E-state index contributed by atoms with van der Waals surface area (Å²) in [5.74, 6) is -0.0793. The number of fused-ring (bicyclic) bond motifs is 1. The van der Waals surface area contributed by atoms with Crippen LogP contribution in [0.15, 0.2) is 42.5 Å².